The summed E-state index contributed by atoms with van der Waals surface area (Å²) in [6, 6.07) is 7.77. The first-order valence-electron chi connectivity index (χ1n) is 7.66. The summed E-state index contributed by atoms with van der Waals surface area (Å²) in [5.41, 5.74) is 2.25. The van der Waals surface area contributed by atoms with Crippen molar-refractivity contribution < 1.29 is 4.79 Å². The lowest BCUT2D eigenvalue weighted by Crippen LogP contribution is -2.31. The largest absolute Gasteiger partial charge is 0.338 e. The first kappa shape index (κ1) is 13.4. The Hall–Kier alpha value is -2.24. The number of hydrogen-bond acceptors (Lipinski definition) is 4. The third kappa shape index (κ3) is 2.19. The highest BCUT2D eigenvalue weighted by atomic mass is 16.2. The predicted octanol–water partition coefficient (Wildman–Crippen LogP) is 1.51. The van der Waals surface area contributed by atoms with E-state index in [-0.39, 0.29) is 5.91 Å². The van der Waals surface area contributed by atoms with Crippen LogP contribution in [0, 0.1) is 18.3 Å². The standard InChI is InChI=1S/C16H19N5O/c1-11-17-18-19-21(11)8-12-3-5-13(6-4-12)15(22)20-9-14-7-16(14,2)10-20/h3-6,14H,7-10H2,1-2H3. The number of carbonyl (C=O) groups is 1. The van der Waals surface area contributed by atoms with Crippen LogP contribution in [0.1, 0.15) is 35.1 Å². The van der Waals surface area contributed by atoms with Crippen LogP contribution in [-0.2, 0) is 6.54 Å². The number of rotatable bonds is 3. The van der Waals surface area contributed by atoms with E-state index in [0.29, 0.717) is 12.0 Å². The normalized spacial score (nSPS) is 26.1. The molecule has 0 radical (unpaired) electrons. The summed E-state index contributed by atoms with van der Waals surface area (Å²) >= 11 is 0. The number of likely N-dealkylation sites (tertiary alicyclic amines) is 1. The van der Waals surface area contributed by atoms with E-state index in [4.69, 9.17) is 0 Å². The van der Waals surface area contributed by atoms with Crippen molar-refractivity contribution in [2.45, 2.75) is 26.8 Å². The van der Waals surface area contributed by atoms with Crippen molar-refractivity contribution in [2.75, 3.05) is 13.1 Å². The van der Waals surface area contributed by atoms with E-state index in [0.717, 1.165) is 36.0 Å². The Morgan fingerprint density at radius 1 is 1.36 bits per heavy atom. The van der Waals surface area contributed by atoms with Crippen LogP contribution in [0.5, 0.6) is 0 Å². The van der Waals surface area contributed by atoms with Crippen molar-refractivity contribution in [1.29, 1.82) is 0 Å². The lowest BCUT2D eigenvalue weighted by atomic mass is 10.1. The Morgan fingerprint density at radius 2 is 2.14 bits per heavy atom. The van der Waals surface area contributed by atoms with E-state index in [1.165, 1.54) is 6.42 Å². The second-order valence-corrected chi connectivity index (χ2v) is 6.82. The molecule has 0 spiro atoms. The van der Waals surface area contributed by atoms with Gasteiger partial charge in [-0.15, -0.1) is 5.10 Å². The highest BCUT2D eigenvalue weighted by molar-refractivity contribution is 5.94. The highest BCUT2D eigenvalue weighted by Gasteiger charge is 2.57. The van der Waals surface area contributed by atoms with Crippen LogP contribution in [0.15, 0.2) is 24.3 Å². The van der Waals surface area contributed by atoms with E-state index in [1.807, 2.05) is 36.1 Å². The third-order valence-corrected chi connectivity index (χ3v) is 5.06. The van der Waals surface area contributed by atoms with Gasteiger partial charge in [-0.2, -0.15) is 0 Å². The molecule has 1 aromatic carbocycles. The van der Waals surface area contributed by atoms with Gasteiger partial charge in [0.05, 0.1) is 6.54 Å². The summed E-state index contributed by atoms with van der Waals surface area (Å²) in [4.78, 5) is 14.5. The van der Waals surface area contributed by atoms with Crippen LogP contribution in [0.2, 0.25) is 0 Å². The second-order valence-electron chi connectivity index (χ2n) is 6.82. The molecule has 6 heteroatoms. The minimum atomic E-state index is 0.151. The zero-order chi connectivity index (χ0) is 15.3. The number of aryl methyl sites for hydroxylation is 1. The van der Waals surface area contributed by atoms with Gasteiger partial charge in [0, 0.05) is 18.7 Å². The summed E-state index contributed by atoms with van der Waals surface area (Å²) in [5, 5.41) is 11.4. The van der Waals surface area contributed by atoms with Crippen molar-refractivity contribution in [3.05, 3.63) is 41.2 Å². The number of carbonyl (C=O) groups excluding carboxylic acids is 1. The highest BCUT2D eigenvalue weighted by Crippen LogP contribution is 2.57. The van der Waals surface area contributed by atoms with Crippen molar-refractivity contribution >= 4 is 5.91 Å². The third-order valence-electron chi connectivity index (χ3n) is 5.06. The maximum Gasteiger partial charge on any atom is 0.253 e. The van der Waals surface area contributed by atoms with E-state index >= 15 is 0 Å². The van der Waals surface area contributed by atoms with Crippen molar-refractivity contribution in [3.8, 4) is 0 Å². The van der Waals surface area contributed by atoms with E-state index < -0.39 is 0 Å². The van der Waals surface area contributed by atoms with Crippen LogP contribution >= 0.6 is 0 Å². The van der Waals surface area contributed by atoms with Gasteiger partial charge in [0.1, 0.15) is 5.82 Å². The van der Waals surface area contributed by atoms with E-state index in [1.54, 1.807) is 4.68 Å². The fraction of sp³-hybridized carbons (Fsp3) is 0.500. The van der Waals surface area contributed by atoms with Crippen molar-refractivity contribution in [1.82, 2.24) is 25.1 Å². The molecule has 1 amide bonds. The number of piperidine rings is 1. The molecule has 2 aliphatic rings. The molecule has 0 bridgehead atoms. The summed E-state index contributed by atoms with van der Waals surface area (Å²) in [5.74, 6) is 1.65. The molecule has 6 nitrogen and oxygen atoms in total. The number of tetrazole rings is 1. The zero-order valence-electron chi connectivity index (χ0n) is 12.9. The lowest BCUT2D eigenvalue weighted by molar-refractivity contribution is 0.0766. The van der Waals surface area contributed by atoms with Gasteiger partial charge in [0.15, 0.2) is 0 Å². The van der Waals surface area contributed by atoms with Gasteiger partial charge in [-0.05, 0) is 52.8 Å². The predicted molar refractivity (Wildman–Crippen MR) is 80.2 cm³/mol. The minimum absolute atomic E-state index is 0.151. The van der Waals surface area contributed by atoms with E-state index in [2.05, 4.69) is 22.4 Å². The topological polar surface area (TPSA) is 63.9 Å². The average molecular weight is 297 g/mol. The average Bonchev–Trinajstić information content (AvgIpc) is 2.82. The smallest absolute Gasteiger partial charge is 0.253 e. The number of hydrogen-bond donors (Lipinski definition) is 0. The van der Waals surface area contributed by atoms with Gasteiger partial charge in [-0.3, -0.25) is 4.79 Å². The number of aromatic nitrogens is 4. The molecule has 2 unspecified atom stereocenters. The van der Waals surface area contributed by atoms with Crippen molar-refractivity contribution in [3.63, 3.8) is 0 Å². The summed E-state index contributed by atoms with van der Waals surface area (Å²) < 4.78 is 1.74. The Morgan fingerprint density at radius 3 is 2.73 bits per heavy atom. The number of nitrogens with zero attached hydrogens (tertiary/aromatic N) is 5. The molecule has 2 aromatic rings. The number of amides is 1. The monoisotopic (exact) mass is 297 g/mol. The minimum Gasteiger partial charge on any atom is -0.338 e. The Kier molecular flexibility index (Phi) is 2.82. The molecule has 1 aliphatic carbocycles. The number of fused-ring (bicyclic) bond motifs is 1. The molecule has 1 saturated heterocycles. The second kappa shape index (κ2) is 4.63. The Balaban J connectivity index is 1.45. The molecule has 1 aromatic heterocycles. The van der Waals surface area contributed by atoms with Gasteiger partial charge in [-0.25, -0.2) is 4.68 Å². The first-order valence-corrected chi connectivity index (χ1v) is 7.66. The fourth-order valence-corrected chi connectivity index (χ4v) is 3.41. The Bertz CT molecular complexity index is 722. The van der Waals surface area contributed by atoms with Crippen LogP contribution in [-0.4, -0.2) is 44.1 Å². The van der Waals surface area contributed by atoms with Crippen LogP contribution in [0.25, 0.3) is 0 Å². The molecule has 2 atom stereocenters. The molecule has 2 fully saturated rings. The molecular formula is C16H19N5O. The fourth-order valence-electron chi connectivity index (χ4n) is 3.41. The number of benzene rings is 1. The maximum atomic E-state index is 12.5. The van der Waals surface area contributed by atoms with Gasteiger partial charge >= 0.3 is 0 Å². The molecule has 1 saturated carbocycles. The van der Waals surface area contributed by atoms with Crippen LogP contribution in [0.3, 0.4) is 0 Å². The molecule has 4 rings (SSSR count). The molecule has 22 heavy (non-hydrogen) atoms. The molecule has 0 N–H and O–H groups in total. The van der Waals surface area contributed by atoms with E-state index in [9.17, 15) is 4.79 Å². The summed E-state index contributed by atoms with van der Waals surface area (Å²) in [7, 11) is 0. The van der Waals surface area contributed by atoms with Crippen molar-refractivity contribution in [2.24, 2.45) is 11.3 Å². The first-order chi connectivity index (χ1) is 10.5. The SMILES string of the molecule is Cc1nnnn1Cc1ccc(C(=O)N2CC3CC3(C)C2)cc1. The van der Waals surface area contributed by atoms with Crippen LogP contribution < -0.4 is 0 Å². The maximum absolute atomic E-state index is 12.5. The summed E-state index contributed by atoms with van der Waals surface area (Å²) in [6.45, 7) is 6.60. The van der Waals surface area contributed by atoms with Crippen LogP contribution in [0.4, 0.5) is 0 Å². The summed E-state index contributed by atoms with van der Waals surface area (Å²) in [6.07, 6.45) is 1.28. The van der Waals surface area contributed by atoms with Gasteiger partial charge in [0.2, 0.25) is 0 Å². The lowest BCUT2D eigenvalue weighted by Gasteiger charge is -2.19. The molecule has 2 heterocycles. The zero-order valence-corrected chi connectivity index (χ0v) is 12.9. The Labute approximate surface area is 129 Å². The molecule has 114 valence electrons. The molecular weight excluding hydrogens is 278 g/mol. The quantitative estimate of drug-likeness (QED) is 0.861. The van der Waals surface area contributed by atoms with Gasteiger partial charge in [0.25, 0.3) is 5.91 Å². The van der Waals surface area contributed by atoms with Gasteiger partial charge in [-0.1, -0.05) is 19.1 Å². The molecule has 1 aliphatic heterocycles. The van der Waals surface area contributed by atoms with Gasteiger partial charge < -0.3 is 4.90 Å².